The van der Waals surface area contributed by atoms with Gasteiger partial charge in [0, 0.05) is 37.2 Å². The fraction of sp³-hybridized carbons (Fsp3) is 0.222. The van der Waals surface area contributed by atoms with Crippen LogP contribution in [0.15, 0.2) is 72.8 Å². The average molecular weight is 440 g/mol. The molecule has 6 heteroatoms. The minimum atomic E-state index is -0.367. The predicted molar refractivity (Wildman–Crippen MR) is 124 cm³/mol. The van der Waals surface area contributed by atoms with Crippen molar-refractivity contribution in [2.75, 3.05) is 11.4 Å². The molecule has 0 bridgehead atoms. The van der Waals surface area contributed by atoms with E-state index < -0.39 is 0 Å². The quantitative estimate of drug-likeness (QED) is 0.604. The Morgan fingerprint density at radius 1 is 1.00 bits per heavy atom. The number of esters is 1. The van der Waals surface area contributed by atoms with Crippen molar-refractivity contribution in [1.82, 2.24) is 5.32 Å². The van der Waals surface area contributed by atoms with E-state index in [1.807, 2.05) is 54.6 Å². The first-order valence-corrected chi connectivity index (χ1v) is 11.1. The number of fused-ring (bicyclic) bond motifs is 1. The Morgan fingerprint density at radius 2 is 1.79 bits per heavy atom. The zero-order valence-electron chi connectivity index (χ0n) is 18.1. The highest BCUT2D eigenvalue weighted by molar-refractivity contribution is 5.98. The maximum Gasteiger partial charge on any atom is 0.339 e. The topological polar surface area (TPSA) is 75.7 Å². The molecule has 2 aliphatic rings. The van der Waals surface area contributed by atoms with E-state index in [1.165, 1.54) is 0 Å². The molecule has 2 heterocycles. The van der Waals surface area contributed by atoms with Crippen LogP contribution >= 0.6 is 0 Å². The lowest BCUT2D eigenvalue weighted by atomic mass is 9.93. The Hall–Kier alpha value is -3.93. The third-order valence-electron chi connectivity index (χ3n) is 6.19. The van der Waals surface area contributed by atoms with Gasteiger partial charge in [0.1, 0.15) is 6.10 Å². The zero-order chi connectivity index (χ0) is 22.8. The van der Waals surface area contributed by atoms with Gasteiger partial charge in [0.2, 0.25) is 5.91 Å². The molecule has 1 unspecified atom stereocenters. The predicted octanol–water partition coefficient (Wildman–Crippen LogP) is 4.20. The van der Waals surface area contributed by atoms with Gasteiger partial charge in [-0.05, 0) is 53.4 Å². The smallest absolute Gasteiger partial charge is 0.339 e. The number of cyclic esters (lactones) is 1. The summed E-state index contributed by atoms with van der Waals surface area (Å²) in [6, 6.07) is 22.4. The Bertz CT molecular complexity index is 1200. The molecular formula is C27H24N2O4. The van der Waals surface area contributed by atoms with Crippen LogP contribution < -0.4 is 10.2 Å². The van der Waals surface area contributed by atoms with Crippen LogP contribution in [0.4, 0.5) is 5.69 Å². The fourth-order valence-electron chi connectivity index (χ4n) is 4.39. The molecule has 0 spiro atoms. The summed E-state index contributed by atoms with van der Waals surface area (Å²) >= 11 is 0. The van der Waals surface area contributed by atoms with Crippen molar-refractivity contribution in [1.29, 1.82) is 0 Å². The molecule has 1 N–H and O–H groups in total. The standard InChI is InChI=1S/C27H24N2O4/c30-25-7-4-14-29(25)22-11-8-18(9-12-22)17-28-26(31)20-10-13-23-21(15-20)16-24(33-27(23)32)19-5-2-1-3-6-19/h1-3,5-6,8-13,15,24H,4,7,14,16-17H2,(H,28,31). The molecule has 1 atom stereocenters. The molecule has 166 valence electrons. The van der Waals surface area contributed by atoms with Crippen LogP contribution in [-0.4, -0.2) is 24.3 Å². The average Bonchev–Trinajstić information content (AvgIpc) is 3.28. The monoisotopic (exact) mass is 440 g/mol. The molecule has 3 aromatic carbocycles. The number of benzene rings is 3. The summed E-state index contributed by atoms with van der Waals surface area (Å²) in [6.45, 7) is 1.13. The number of ether oxygens (including phenoxy) is 1. The number of nitrogens with one attached hydrogen (secondary N) is 1. The van der Waals surface area contributed by atoms with E-state index in [0.29, 0.717) is 30.5 Å². The van der Waals surface area contributed by atoms with Gasteiger partial charge in [-0.2, -0.15) is 0 Å². The molecule has 2 aliphatic heterocycles. The molecule has 0 aliphatic carbocycles. The van der Waals surface area contributed by atoms with E-state index in [4.69, 9.17) is 4.74 Å². The second-order valence-corrected chi connectivity index (χ2v) is 8.38. The van der Waals surface area contributed by atoms with E-state index in [-0.39, 0.29) is 23.9 Å². The third kappa shape index (κ3) is 4.37. The molecule has 1 saturated heterocycles. The van der Waals surface area contributed by atoms with Gasteiger partial charge < -0.3 is 15.0 Å². The highest BCUT2D eigenvalue weighted by atomic mass is 16.5. The van der Waals surface area contributed by atoms with Crippen molar-refractivity contribution in [3.8, 4) is 0 Å². The van der Waals surface area contributed by atoms with Crippen molar-refractivity contribution in [2.45, 2.75) is 31.9 Å². The number of carbonyl (C=O) groups is 3. The van der Waals surface area contributed by atoms with Gasteiger partial charge in [0.05, 0.1) is 5.56 Å². The first-order valence-electron chi connectivity index (χ1n) is 11.1. The summed E-state index contributed by atoms with van der Waals surface area (Å²) in [7, 11) is 0. The van der Waals surface area contributed by atoms with Crippen LogP contribution in [-0.2, 0) is 22.5 Å². The van der Waals surface area contributed by atoms with Crippen molar-refractivity contribution in [3.63, 3.8) is 0 Å². The van der Waals surface area contributed by atoms with Gasteiger partial charge in [0.15, 0.2) is 0 Å². The van der Waals surface area contributed by atoms with Gasteiger partial charge in [0.25, 0.3) is 5.91 Å². The van der Waals surface area contributed by atoms with Crippen molar-refractivity contribution >= 4 is 23.5 Å². The molecule has 0 saturated carbocycles. The molecule has 3 aromatic rings. The molecule has 2 amide bonds. The molecular weight excluding hydrogens is 416 g/mol. The molecule has 0 radical (unpaired) electrons. The highest BCUT2D eigenvalue weighted by Gasteiger charge is 2.28. The molecule has 0 aromatic heterocycles. The Balaban J connectivity index is 1.25. The van der Waals surface area contributed by atoms with Crippen LogP contribution in [0.3, 0.4) is 0 Å². The maximum atomic E-state index is 12.8. The Labute approximate surface area is 192 Å². The summed E-state index contributed by atoms with van der Waals surface area (Å²) in [4.78, 5) is 38.9. The number of carbonyl (C=O) groups excluding carboxylic acids is 3. The largest absolute Gasteiger partial charge is 0.454 e. The van der Waals surface area contributed by atoms with E-state index in [0.717, 1.165) is 35.3 Å². The highest BCUT2D eigenvalue weighted by Crippen LogP contribution is 2.31. The second kappa shape index (κ2) is 8.90. The second-order valence-electron chi connectivity index (χ2n) is 8.38. The van der Waals surface area contributed by atoms with Gasteiger partial charge >= 0.3 is 5.97 Å². The van der Waals surface area contributed by atoms with Gasteiger partial charge in [-0.3, -0.25) is 9.59 Å². The number of amides is 2. The molecule has 33 heavy (non-hydrogen) atoms. The van der Waals surface area contributed by atoms with Crippen molar-refractivity contribution in [3.05, 3.63) is 101 Å². The first kappa shape index (κ1) is 20.9. The van der Waals surface area contributed by atoms with E-state index >= 15 is 0 Å². The summed E-state index contributed by atoms with van der Waals surface area (Å²) in [5.74, 6) is -0.415. The number of rotatable bonds is 5. The lowest BCUT2D eigenvalue weighted by Crippen LogP contribution is -2.25. The van der Waals surface area contributed by atoms with Gasteiger partial charge in [-0.25, -0.2) is 4.79 Å². The molecule has 1 fully saturated rings. The lowest BCUT2D eigenvalue weighted by molar-refractivity contribution is -0.117. The third-order valence-corrected chi connectivity index (χ3v) is 6.19. The Kier molecular flexibility index (Phi) is 5.65. The molecule has 5 rings (SSSR count). The summed E-state index contributed by atoms with van der Waals surface area (Å²) in [6.07, 6.45) is 1.66. The first-order chi connectivity index (χ1) is 16.1. The SMILES string of the molecule is O=C(NCc1ccc(N2CCCC2=O)cc1)c1ccc2c(c1)CC(c1ccccc1)OC2=O. The Morgan fingerprint density at radius 3 is 2.52 bits per heavy atom. The van der Waals surface area contributed by atoms with E-state index in [9.17, 15) is 14.4 Å². The van der Waals surface area contributed by atoms with Crippen LogP contribution in [0.25, 0.3) is 0 Å². The summed E-state index contributed by atoms with van der Waals surface area (Å²) in [5.41, 5.74) is 4.60. The normalized spacial score (nSPS) is 17.5. The van der Waals surface area contributed by atoms with Crippen molar-refractivity contribution in [2.24, 2.45) is 0 Å². The summed E-state index contributed by atoms with van der Waals surface area (Å²) < 4.78 is 5.59. The maximum absolute atomic E-state index is 12.8. The fourth-order valence-corrected chi connectivity index (χ4v) is 4.39. The number of nitrogens with zero attached hydrogens (tertiary/aromatic N) is 1. The van der Waals surface area contributed by atoms with Crippen LogP contribution in [0.5, 0.6) is 0 Å². The minimum absolute atomic E-state index is 0.154. The van der Waals surface area contributed by atoms with E-state index in [1.54, 1.807) is 23.1 Å². The van der Waals surface area contributed by atoms with Crippen molar-refractivity contribution < 1.29 is 19.1 Å². The molecule has 6 nitrogen and oxygen atoms in total. The van der Waals surface area contributed by atoms with E-state index in [2.05, 4.69) is 5.32 Å². The summed E-state index contributed by atoms with van der Waals surface area (Å²) in [5, 5.41) is 2.94. The number of hydrogen-bond donors (Lipinski definition) is 1. The lowest BCUT2D eigenvalue weighted by Gasteiger charge is -2.25. The van der Waals surface area contributed by atoms with Gasteiger partial charge in [-0.15, -0.1) is 0 Å². The minimum Gasteiger partial charge on any atom is -0.454 e. The zero-order valence-corrected chi connectivity index (χ0v) is 18.1. The van der Waals surface area contributed by atoms with Crippen LogP contribution in [0.1, 0.15) is 56.4 Å². The van der Waals surface area contributed by atoms with Gasteiger partial charge in [-0.1, -0.05) is 42.5 Å². The number of hydrogen-bond acceptors (Lipinski definition) is 4. The number of anilines is 1. The van der Waals surface area contributed by atoms with Crippen LogP contribution in [0.2, 0.25) is 0 Å². The van der Waals surface area contributed by atoms with Crippen LogP contribution in [0, 0.1) is 0 Å².